The van der Waals surface area contributed by atoms with Crippen LogP contribution in [0, 0.1) is 11.3 Å². The van der Waals surface area contributed by atoms with Crippen molar-refractivity contribution in [3.63, 3.8) is 0 Å². The summed E-state index contributed by atoms with van der Waals surface area (Å²) in [5, 5.41) is 14.2. The zero-order valence-corrected chi connectivity index (χ0v) is 15.4. The molecule has 3 rings (SSSR count). The monoisotopic (exact) mass is 371 g/mol. The molecule has 2 amide bonds. The predicted molar refractivity (Wildman–Crippen MR) is 110 cm³/mol. The van der Waals surface area contributed by atoms with Crippen molar-refractivity contribution < 1.29 is 9.53 Å². The number of nitrogens with zero attached hydrogens (tertiary/aromatic N) is 1. The standard InChI is InChI=1S/C23H21N3O2/c24-15-14-18-10-12-20(13-11-18)26-23(27)25-16-17-28-22-9-5-4-8-21(22)19-6-2-1-3-7-19/h1-13H,14,16-17H2,(H2,25,26,27). The summed E-state index contributed by atoms with van der Waals surface area (Å²) in [7, 11) is 0. The summed E-state index contributed by atoms with van der Waals surface area (Å²) in [5.41, 5.74) is 3.70. The lowest BCUT2D eigenvalue weighted by atomic mass is 10.1. The molecular formula is C23H21N3O2. The number of hydrogen-bond donors (Lipinski definition) is 2. The van der Waals surface area contributed by atoms with Gasteiger partial charge in [0.05, 0.1) is 19.0 Å². The van der Waals surface area contributed by atoms with Crippen molar-refractivity contribution in [3.8, 4) is 22.9 Å². The highest BCUT2D eigenvalue weighted by molar-refractivity contribution is 5.89. The number of rotatable bonds is 7. The Morgan fingerprint density at radius 3 is 2.39 bits per heavy atom. The van der Waals surface area contributed by atoms with Crippen LogP contribution in [0.3, 0.4) is 0 Å². The number of nitriles is 1. The van der Waals surface area contributed by atoms with E-state index < -0.39 is 0 Å². The lowest BCUT2D eigenvalue weighted by molar-refractivity contribution is 0.247. The highest BCUT2D eigenvalue weighted by atomic mass is 16.5. The molecule has 0 aliphatic heterocycles. The molecule has 0 atom stereocenters. The van der Waals surface area contributed by atoms with E-state index in [1.54, 1.807) is 12.1 Å². The average Bonchev–Trinajstić information content (AvgIpc) is 2.74. The maximum atomic E-state index is 12.0. The van der Waals surface area contributed by atoms with Crippen LogP contribution in [-0.4, -0.2) is 19.2 Å². The van der Waals surface area contributed by atoms with Gasteiger partial charge in [0, 0.05) is 11.3 Å². The van der Waals surface area contributed by atoms with Crippen LogP contribution in [-0.2, 0) is 6.42 Å². The predicted octanol–water partition coefficient (Wildman–Crippen LogP) is 4.62. The lowest BCUT2D eigenvalue weighted by Gasteiger charge is -2.12. The van der Waals surface area contributed by atoms with E-state index in [2.05, 4.69) is 16.7 Å². The van der Waals surface area contributed by atoms with Crippen LogP contribution < -0.4 is 15.4 Å². The van der Waals surface area contributed by atoms with Crippen molar-refractivity contribution in [2.75, 3.05) is 18.5 Å². The minimum atomic E-state index is -0.298. The zero-order valence-electron chi connectivity index (χ0n) is 15.4. The average molecular weight is 371 g/mol. The number of hydrogen-bond acceptors (Lipinski definition) is 3. The van der Waals surface area contributed by atoms with Crippen molar-refractivity contribution >= 4 is 11.7 Å². The van der Waals surface area contributed by atoms with Gasteiger partial charge in [-0.1, -0.05) is 60.7 Å². The number of nitrogens with one attached hydrogen (secondary N) is 2. The van der Waals surface area contributed by atoms with Gasteiger partial charge in [0.2, 0.25) is 0 Å². The molecule has 2 N–H and O–H groups in total. The Bertz CT molecular complexity index is 948. The first-order valence-corrected chi connectivity index (χ1v) is 9.04. The van der Waals surface area contributed by atoms with E-state index in [4.69, 9.17) is 10.00 Å². The molecule has 3 aromatic carbocycles. The Labute approximate surface area is 164 Å². The largest absolute Gasteiger partial charge is 0.491 e. The van der Waals surface area contributed by atoms with E-state index in [9.17, 15) is 4.79 Å². The first-order chi connectivity index (χ1) is 13.8. The van der Waals surface area contributed by atoms with Crippen molar-refractivity contribution in [3.05, 3.63) is 84.4 Å². The molecule has 5 heteroatoms. The third kappa shape index (κ3) is 5.36. The van der Waals surface area contributed by atoms with Crippen molar-refractivity contribution in [1.82, 2.24) is 5.32 Å². The van der Waals surface area contributed by atoms with Crippen LogP contribution in [0.15, 0.2) is 78.9 Å². The number of carbonyl (C=O) groups is 1. The quantitative estimate of drug-likeness (QED) is 0.595. The Hall–Kier alpha value is -3.78. The molecular weight excluding hydrogens is 350 g/mol. The van der Waals surface area contributed by atoms with Crippen LogP contribution in [0.4, 0.5) is 10.5 Å². The van der Waals surface area contributed by atoms with Gasteiger partial charge < -0.3 is 15.4 Å². The molecule has 0 spiro atoms. The molecule has 0 aromatic heterocycles. The van der Waals surface area contributed by atoms with Gasteiger partial charge in [-0.2, -0.15) is 5.26 Å². The number of ether oxygens (including phenoxy) is 1. The lowest BCUT2D eigenvalue weighted by Crippen LogP contribution is -2.32. The SMILES string of the molecule is N#CCc1ccc(NC(=O)NCCOc2ccccc2-c2ccccc2)cc1. The molecule has 0 unspecified atom stereocenters. The number of amides is 2. The highest BCUT2D eigenvalue weighted by Crippen LogP contribution is 2.29. The van der Waals surface area contributed by atoms with Gasteiger partial charge >= 0.3 is 6.03 Å². The highest BCUT2D eigenvalue weighted by Gasteiger charge is 2.06. The van der Waals surface area contributed by atoms with E-state index in [0.29, 0.717) is 25.3 Å². The van der Waals surface area contributed by atoms with Gasteiger partial charge in [-0.05, 0) is 29.3 Å². The third-order valence-electron chi connectivity index (χ3n) is 4.11. The smallest absolute Gasteiger partial charge is 0.319 e. The first kappa shape index (κ1) is 19.0. The molecule has 0 aliphatic carbocycles. The Morgan fingerprint density at radius 2 is 1.64 bits per heavy atom. The van der Waals surface area contributed by atoms with Crippen molar-refractivity contribution in [2.45, 2.75) is 6.42 Å². The minimum Gasteiger partial charge on any atom is -0.491 e. The molecule has 0 bridgehead atoms. The molecule has 5 nitrogen and oxygen atoms in total. The summed E-state index contributed by atoms with van der Waals surface area (Å²) in [6.45, 7) is 0.736. The second-order valence-corrected chi connectivity index (χ2v) is 6.12. The molecule has 0 saturated heterocycles. The van der Waals surface area contributed by atoms with E-state index in [1.165, 1.54) is 0 Å². The van der Waals surface area contributed by atoms with Crippen molar-refractivity contribution in [2.24, 2.45) is 0 Å². The number of carbonyl (C=O) groups excluding carboxylic acids is 1. The van der Waals surface area contributed by atoms with E-state index in [-0.39, 0.29) is 6.03 Å². The van der Waals surface area contributed by atoms with Crippen LogP contribution in [0.1, 0.15) is 5.56 Å². The van der Waals surface area contributed by atoms with Gasteiger partial charge in [-0.25, -0.2) is 4.79 Å². The molecule has 28 heavy (non-hydrogen) atoms. The summed E-state index contributed by atoms with van der Waals surface area (Å²) in [6.07, 6.45) is 0.355. The van der Waals surface area contributed by atoms with Crippen LogP contribution in [0.2, 0.25) is 0 Å². The number of benzene rings is 3. The Kier molecular flexibility index (Phi) is 6.64. The molecule has 0 radical (unpaired) electrons. The first-order valence-electron chi connectivity index (χ1n) is 9.04. The summed E-state index contributed by atoms with van der Waals surface area (Å²) < 4.78 is 5.86. The topological polar surface area (TPSA) is 74.2 Å². The van der Waals surface area contributed by atoms with Crippen molar-refractivity contribution in [1.29, 1.82) is 5.26 Å². The third-order valence-corrected chi connectivity index (χ3v) is 4.11. The number of urea groups is 1. The Morgan fingerprint density at radius 1 is 0.929 bits per heavy atom. The summed E-state index contributed by atoms with van der Waals surface area (Å²) >= 11 is 0. The molecule has 3 aromatic rings. The van der Waals surface area contributed by atoms with Gasteiger partial charge in [0.15, 0.2) is 0 Å². The fourth-order valence-electron chi connectivity index (χ4n) is 2.75. The van der Waals surface area contributed by atoms with E-state index >= 15 is 0 Å². The number of anilines is 1. The number of para-hydroxylation sites is 1. The van der Waals surface area contributed by atoms with E-state index in [0.717, 1.165) is 22.4 Å². The van der Waals surface area contributed by atoms with Crippen LogP contribution >= 0.6 is 0 Å². The summed E-state index contributed by atoms with van der Waals surface area (Å²) in [6, 6.07) is 26.9. The molecule has 0 fully saturated rings. The summed E-state index contributed by atoms with van der Waals surface area (Å²) in [5.74, 6) is 0.781. The maximum Gasteiger partial charge on any atom is 0.319 e. The minimum absolute atomic E-state index is 0.298. The molecule has 140 valence electrons. The second-order valence-electron chi connectivity index (χ2n) is 6.12. The van der Waals surface area contributed by atoms with E-state index in [1.807, 2.05) is 66.7 Å². The second kappa shape index (κ2) is 9.79. The van der Waals surface area contributed by atoms with Crippen LogP contribution in [0.25, 0.3) is 11.1 Å². The van der Waals surface area contributed by atoms with Gasteiger partial charge in [0.1, 0.15) is 12.4 Å². The fourth-order valence-corrected chi connectivity index (χ4v) is 2.75. The van der Waals surface area contributed by atoms with Gasteiger partial charge in [-0.15, -0.1) is 0 Å². The maximum absolute atomic E-state index is 12.0. The van der Waals surface area contributed by atoms with Gasteiger partial charge in [0.25, 0.3) is 0 Å². The zero-order chi connectivity index (χ0) is 19.6. The van der Waals surface area contributed by atoms with Gasteiger partial charge in [-0.3, -0.25) is 0 Å². The molecule has 0 heterocycles. The summed E-state index contributed by atoms with van der Waals surface area (Å²) in [4.78, 5) is 12.0. The molecule has 0 aliphatic rings. The normalized spacial score (nSPS) is 9.96. The molecule has 0 saturated carbocycles. The van der Waals surface area contributed by atoms with Crippen LogP contribution in [0.5, 0.6) is 5.75 Å². The Balaban J connectivity index is 1.47. The fraction of sp³-hybridized carbons (Fsp3) is 0.130.